The van der Waals surface area contributed by atoms with Crippen molar-refractivity contribution >= 4 is 43.6 Å². The monoisotopic (exact) mass is 489 g/mol. The predicted octanol–water partition coefficient (Wildman–Crippen LogP) is 9.55. The second-order valence-corrected chi connectivity index (χ2v) is 9.47. The Morgan fingerprint density at radius 3 is 1.74 bits per heavy atom. The summed E-state index contributed by atoms with van der Waals surface area (Å²) >= 11 is 0. The van der Waals surface area contributed by atoms with Crippen molar-refractivity contribution in [1.29, 1.82) is 0 Å². The lowest BCUT2D eigenvalue weighted by atomic mass is 10.1. The fourth-order valence-electron chi connectivity index (χ4n) is 5.70. The molecule has 2 nitrogen and oxygen atoms in total. The summed E-state index contributed by atoms with van der Waals surface area (Å²) in [5, 5.41) is 3.47. The smallest absolute Gasteiger partial charge is 0.0645 e. The van der Waals surface area contributed by atoms with Crippen molar-refractivity contribution in [2.24, 2.45) is 0 Å². The summed E-state index contributed by atoms with van der Waals surface area (Å²) in [5.41, 5.74) is 7.45. The molecule has 0 spiro atoms. The molecule has 0 amide bonds. The summed E-state index contributed by atoms with van der Waals surface area (Å²) in [6, 6.07) is 38.2. The Bertz CT molecular complexity index is 2380. The number of fused-ring (bicyclic) bond motifs is 6. The maximum Gasteiger partial charge on any atom is 0.0645 e. The minimum absolute atomic E-state index is 0.0253. The molecular formula is C36H24N2. The van der Waals surface area contributed by atoms with Crippen molar-refractivity contribution in [3.05, 3.63) is 145 Å². The van der Waals surface area contributed by atoms with Gasteiger partial charge in [0.05, 0.1) is 28.9 Å². The van der Waals surface area contributed by atoms with E-state index in [4.69, 9.17) is 6.85 Å². The van der Waals surface area contributed by atoms with E-state index in [1.54, 1.807) is 12.1 Å². The van der Waals surface area contributed by atoms with Gasteiger partial charge in [0.1, 0.15) is 0 Å². The van der Waals surface area contributed by atoms with Crippen LogP contribution in [-0.4, -0.2) is 9.13 Å². The molecule has 2 heteroatoms. The normalized spacial score (nSPS) is 13.5. The highest BCUT2D eigenvalue weighted by Crippen LogP contribution is 2.37. The molecule has 0 saturated carbocycles. The molecule has 0 aliphatic heterocycles. The van der Waals surface area contributed by atoms with Crippen molar-refractivity contribution in [2.45, 2.75) is 0 Å². The Hall–Kier alpha value is -5.08. The molecule has 38 heavy (non-hydrogen) atoms. The molecule has 0 atom stereocenters. The lowest BCUT2D eigenvalue weighted by molar-refractivity contribution is 1.17. The number of rotatable bonds is 3. The standard InChI is InChI=1S/C36H24N2/c1-2-10-25(11-3-1)26-18-20-27(21-19-26)37-35-17-9-6-14-31(35)32-24-28(22-23-36(32)37)38-33-15-7-4-12-29(33)30-13-5-8-16-34(30)38/h1-24H/i1D,4D,7D,12D,15D. The van der Waals surface area contributed by atoms with Crippen molar-refractivity contribution in [1.82, 2.24) is 9.13 Å². The second-order valence-electron chi connectivity index (χ2n) is 9.47. The van der Waals surface area contributed by atoms with E-state index in [1.807, 2.05) is 59.2 Å². The first kappa shape index (κ1) is 16.6. The third-order valence-corrected chi connectivity index (χ3v) is 7.40. The average molecular weight is 490 g/mol. The van der Waals surface area contributed by atoms with Crippen LogP contribution in [0.25, 0.3) is 66.1 Å². The molecule has 0 N–H and O–H groups in total. The van der Waals surface area contributed by atoms with E-state index in [2.05, 4.69) is 53.1 Å². The molecule has 0 aliphatic rings. The lowest BCUT2D eigenvalue weighted by Gasteiger charge is -2.11. The van der Waals surface area contributed by atoms with Gasteiger partial charge < -0.3 is 9.13 Å². The van der Waals surface area contributed by atoms with Crippen LogP contribution in [0, 0.1) is 0 Å². The molecule has 0 aliphatic carbocycles. The quantitative estimate of drug-likeness (QED) is 0.234. The van der Waals surface area contributed by atoms with Crippen molar-refractivity contribution < 1.29 is 6.85 Å². The van der Waals surface area contributed by atoms with Crippen molar-refractivity contribution in [3.63, 3.8) is 0 Å². The van der Waals surface area contributed by atoms with Crippen LogP contribution in [0.5, 0.6) is 0 Å². The van der Waals surface area contributed by atoms with Gasteiger partial charge in [0.2, 0.25) is 0 Å². The van der Waals surface area contributed by atoms with Gasteiger partial charge in [-0.15, -0.1) is 0 Å². The lowest BCUT2D eigenvalue weighted by Crippen LogP contribution is -1.95. The zero-order valence-electron chi connectivity index (χ0n) is 25.4. The maximum atomic E-state index is 8.82. The van der Waals surface area contributed by atoms with Crippen LogP contribution in [0.4, 0.5) is 0 Å². The van der Waals surface area contributed by atoms with Gasteiger partial charge in [-0.05, 0) is 59.6 Å². The molecule has 6 aromatic carbocycles. The van der Waals surface area contributed by atoms with Gasteiger partial charge in [0.25, 0.3) is 0 Å². The molecule has 0 bridgehead atoms. The topological polar surface area (TPSA) is 9.86 Å². The largest absolute Gasteiger partial charge is 0.309 e. The van der Waals surface area contributed by atoms with Gasteiger partial charge in [0.15, 0.2) is 0 Å². The van der Waals surface area contributed by atoms with Gasteiger partial charge in [-0.25, -0.2) is 0 Å². The number of aromatic nitrogens is 2. The maximum absolute atomic E-state index is 8.82. The summed E-state index contributed by atoms with van der Waals surface area (Å²) in [6.07, 6.45) is 0. The zero-order chi connectivity index (χ0) is 29.4. The van der Waals surface area contributed by atoms with Gasteiger partial charge in [0, 0.05) is 32.9 Å². The van der Waals surface area contributed by atoms with Gasteiger partial charge in [-0.3, -0.25) is 0 Å². The molecule has 178 valence electrons. The van der Waals surface area contributed by atoms with Crippen molar-refractivity contribution in [3.8, 4) is 22.5 Å². The minimum atomic E-state index is -0.238. The Morgan fingerprint density at radius 2 is 0.974 bits per heavy atom. The average Bonchev–Trinajstić information content (AvgIpc) is 3.56. The second kappa shape index (κ2) is 8.22. The van der Waals surface area contributed by atoms with E-state index in [9.17, 15) is 0 Å². The minimum Gasteiger partial charge on any atom is -0.309 e. The first-order valence-electron chi connectivity index (χ1n) is 15.1. The summed E-state index contributed by atoms with van der Waals surface area (Å²) in [7, 11) is 0. The Morgan fingerprint density at radius 1 is 0.395 bits per heavy atom. The molecule has 2 heterocycles. The van der Waals surface area contributed by atoms with Crippen molar-refractivity contribution in [2.75, 3.05) is 0 Å². The van der Waals surface area contributed by atoms with Crippen LogP contribution in [0.2, 0.25) is 0 Å². The number of benzene rings is 6. The molecule has 8 rings (SSSR count). The summed E-state index contributed by atoms with van der Waals surface area (Å²) in [4.78, 5) is 0. The third kappa shape index (κ3) is 3.07. The third-order valence-electron chi connectivity index (χ3n) is 7.40. The van der Waals surface area contributed by atoms with E-state index in [0.29, 0.717) is 16.9 Å². The van der Waals surface area contributed by atoms with Crippen LogP contribution in [0.15, 0.2) is 145 Å². The SMILES string of the molecule is [2H]c1ccc(-c2ccc(-n3c4ccccc4c4cc(-n5c6ccccc6c6c([2H])c([2H])c([2H])c([2H])c65)ccc43)cc2)cc1. The summed E-state index contributed by atoms with van der Waals surface area (Å²) in [5.74, 6) is 0. The first-order valence-corrected chi connectivity index (χ1v) is 12.6. The van der Waals surface area contributed by atoms with Crippen LogP contribution in [-0.2, 0) is 0 Å². The van der Waals surface area contributed by atoms with Crippen LogP contribution in [0.1, 0.15) is 6.85 Å². The summed E-state index contributed by atoms with van der Waals surface area (Å²) < 4.78 is 46.2. The number of nitrogens with zero attached hydrogens (tertiary/aromatic N) is 2. The van der Waals surface area contributed by atoms with Gasteiger partial charge >= 0.3 is 0 Å². The van der Waals surface area contributed by atoms with E-state index < -0.39 is 0 Å². The highest BCUT2D eigenvalue weighted by Gasteiger charge is 2.16. The highest BCUT2D eigenvalue weighted by atomic mass is 15.0. The van der Waals surface area contributed by atoms with E-state index >= 15 is 0 Å². The van der Waals surface area contributed by atoms with Crippen LogP contribution in [0.3, 0.4) is 0 Å². The Labute approximate surface area is 227 Å². The first-order chi connectivity index (χ1) is 20.9. The summed E-state index contributed by atoms with van der Waals surface area (Å²) in [6.45, 7) is 0. The van der Waals surface area contributed by atoms with Gasteiger partial charge in [-0.2, -0.15) is 0 Å². The Balaban J connectivity index is 1.37. The zero-order valence-corrected chi connectivity index (χ0v) is 20.4. The Kier molecular flexibility index (Phi) is 3.60. The molecule has 0 fully saturated rings. The predicted molar refractivity (Wildman–Crippen MR) is 161 cm³/mol. The molecule has 0 radical (unpaired) electrons. The molecular weight excluding hydrogens is 460 g/mol. The highest BCUT2D eigenvalue weighted by molar-refractivity contribution is 6.12. The fraction of sp³-hybridized carbons (Fsp3) is 0. The molecule has 8 aromatic rings. The number of hydrogen-bond acceptors (Lipinski definition) is 0. The van der Waals surface area contributed by atoms with E-state index in [-0.39, 0.29) is 24.2 Å². The van der Waals surface area contributed by atoms with E-state index in [0.717, 1.165) is 55.2 Å². The van der Waals surface area contributed by atoms with E-state index in [1.165, 1.54) is 0 Å². The number of para-hydroxylation sites is 3. The molecule has 0 saturated heterocycles. The number of hydrogen-bond donors (Lipinski definition) is 0. The van der Waals surface area contributed by atoms with Crippen LogP contribution >= 0.6 is 0 Å². The molecule has 2 aromatic heterocycles. The molecule has 0 unspecified atom stereocenters. The van der Waals surface area contributed by atoms with Crippen LogP contribution < -0.4 is 0 Å². The fourth-order valence-corrected chi connectivity index (χ4v) is 5.70. The van der Waals surface area contributed by atoms with Gasteiger partial charge in [-0.1, -0.05) is 97.0 Å².